The first-order chi connectivity index (χ1) is 8.50. The van der Waals surface area contributed by atoms with Crippen LogP contribution in [0.15, 0.2) is 30.3 Å². The fourth-order valence-electron chi connectivity index (χ4n) is 3.68. The summed E-state index contributed by atoms with van der Waals surface area (Å²) in [5.74, 6) is 3.58. The van der Waals surface area contributed by atoms with Crippen LogP contribution < -0.4 is 4.74 Å². The van der Waals surface area contributed by atoms with Crippen LogP contribution in [0, 0.1) is 23.2 Å². The van der Waals surface area contributed by atoms with Crippen LogP contribution in [0.25, 0.3) is 5.57 Å². The van der Waals surface area contributed by atoms with Gasteiger partial charge in [-0.05, 0) is 52.9 Å². The second-order valence-corrected chi connectivity index (χ2v) is 6.76. The largest absolute Gasteiger partial charge is 0.497 e. The molecule has 2 aliphatic carbocycles. The fourth-order valence-corrected chi connectivity index (χ4v) is 3.68. The quantitative estimate of drug-likeness (QED) is 0.747. The van der Waals surface area contributed by atoms with Gasteiger partial charge in [-0.1, -0.05) is 39.0 Å². The maximum atomic E-state index is 5.20. The van der Waals surface area contributed by atoms with Gasteiger partial charge in [0.1, 0.15) is 5.75 Å². The molecule has 0 spiro atoms. The summed E-state index contributed by atoms with van der Waals surface area (Å²) in [6.45, 7) is 7.12. The molecule has 1 aromatic carbocycles. The Morgan fingerprint density at radius 3 is 2.22 bits per heavy atom. The minimum absolute atomic E-state index is 0.470. The van der Waals surface area contributed by atoms with Gasteiger partial charge in [0, 0.05) is 0 Å². The molecule has 0 aromatic heterocycles. The first kappa shape index (κ1) is 11.8. The second-order valence-electron chi connectivity index (χ2n) is 6.76. The Bertz CT molecular complexity index is 475. The van der Waals surface area contributed by atoms with Crippen LogP contribution in [0.4, 0.5) is 0 Å². The first-order valence-corrected chi connectivity index (χ1v) is 6.86. The van der Waals surface area contributed by atoms with E-state index >= 15 is 0 Å². The highest BCUT2D eigenvalue weighted by molar-refractivity contribution is 5.70. The number of allylic oxidation sites excluding steroid dienone is 2. The van der Waals surface area contributed by atoms with E-state index in [1.165, 1.54) is 17.6 Å². The number of fused-ring (bicyclic) bond motifs is 1. The van der Waals surface area contributed by atoms with E-state index in [0.29, 0.717) is 5.41 Å². The second kappa shape index (κ2) is 3.88. The lowest BCUT2D eigenvalue weighted by atomic mass is 9.85. The number of rotatable bonds is 2. The summed E-state index contributed by atoms with van der Waals surface area (Å²) >= 11 is 0. The summed E-state index contributed by atoms with van der Waals surface area (Å²) in [6.07, 6.45) is 3.78. The Morgan fingerprint density at radius 1 is 1.11 bits per heavy atom. The van der Waals surface area contributed by atoms with Crippen molar-refractivity contribution in [3.8, 4) is 5.75 Å². The molecule has 0 saturated heterocycles. The Hall–Kier alpha value is -1.24. The molecule has 1 saturated carbocycles. The molecule has 3 rings (SSSR count). The van der Waals surface area contributed by atoms with Gasteiger partial charge in [0.2, 0.25) is 0 Å². The van der Waals surface area contributed by atoms with Crippen molar-refractivity contribution >= 4 is 5.57 Å². The molecule has 96 valence electrons. The number of methoxy groups -OCH3 is 1. The molecule has 18 heavy (non-hydrogen) atoms. The van der Waals surface area contributed by atoms with Crippen LogP contribution in [-0.4, -0.2) is 7.11 Å². The average molecular weight is 242 g/mol. The molecule has 3 unspecified atom stereocenters. The van der Waals surface area contributed by atoms with E-state index in [4.69, 9.17) is 4.74 Å². The van der Waals surface area contributed by atoms with Crippen molar-refractivity contribution in [3.63, 3.8) is 0 Å². The highest BCUT2D eigenvalue weighted by atomic mass is 16.5. The maximum Gasteiger partial charge on any atom is 0.118 e. The molecule has 0 bridgehead atoms. The van der Waals surface area contributed by atoms with Gasteiger partial charge in [0.25, 0.3) is 0 Å². The number of hydrogen-bond donors (Lipinski definition) is 0. The molecule has 1 heteroatoms. The predicted octanol–water partition coefficient (Wildman–Crippen LogP) is 4.39. The van der Waals surface area contributed by atoms with Gasteiger partial charge in [-0.3, -0.25) is 0 Å². The van der Waals surface area contributed by atoms with E-state index in [1.807, 2.05) is 0 Å². The summed E-state index contributed by atoms with van der Waals surface area (Å²) in [6, 6.07) is 8.48. The van der Waals surface area contributed by atoms with Gasteiger partial charge < -0.3 is 4.74 Å². The lowest BCUT2D eigenvalue weighted by molar-refractivity contribution is 0.322. The van der Waals surface area contributed by atoms with E-state index in [1.54, 1.807) is 7.11 Å². The number of benzene rings is 1. The molecule has 1 nitrogen and oxygen atoms in total. The van der Waals surface area contributed by atoms with E-state index in [9.17, 15) is 0 Å². The Kier molecular flexibility index (Phi) is 2.55. The molecule has 0 radical (unpaired) electrons. The van der Waals surface area contributed by atoms with Crippen LogP contribution in [-0.2, 0) is 0 Å². The summed E-state index contributed by atoms with van der Waals surface area (Å²) in [7, 11) is 1.72. The summed E-state index contributed by atoms with van der Waals surface area (Å²) in [4.78, 5) is 0. The monoisotopic (exact) mass is 242 g/mol. The van der Waals surface area contributed by atoms with Crippen molar-refractivity contribution in [2.75, 3.05) is 7.11 Å². The highest BCUT2D eigenvalue weighted by Crippen LogP contribution is 2.64. The van der Waals surface area contributed by atoms with E-state index in [0.717, 1.165) is 23.5 Å². The van der Waals surface area contributed by atoms with Crippen LogP contribution in [0.2, 0.25) is 0 Å². The van der Waals surface area contributed by atoms with Gasteiger partial charge in [0.15, 0.2) is 0 Å². The van der Waals surface area contributed by atoms with Gasteiger partial charge in [0.05, 0.1) is 7.11 Å². The lowest BCUT2D eigenvalue weighted by Crippen LogP contribution is -2.11. The third-order valence-electron chi connectivity index (χ3n) is 4.54. The molecule has 1 fully saturated rings. The van der Waals surface area contributed by atoms with Gasteiger partial charge in [-0.25, -0.2) is 0 Å². The molecule has 3 atom stereocenters. The van der Waals surface area contributed by atoms with Crippen LogP contribution >= 0.6 is 0 Å². The molecular weight excluding hydrogens is 220 g/mol. The minimum Gasteiger partial charge on any atom is -0.497 e. The lowest BCUT2D eigenvalue weighted by Gasteiger charge is -2.20. The normalized spacial score (nSPS) is 29.8. The summed E-state index contributed by atoms with van der Waals surface area (Å²) in [5, 5.41) is 0. The van der Waals surface area contributed by atoms with Crippen molar-refractivity contribution in [1.29, 1.82) is 0 Å². The standard InChI is InChI=1S/C17H22O/c1-17(2,3)16-14-9-12(10-15(14)16)11-5-7-13(18-4)8-6-11/h5-9,14-16H,10H2,1-4H3. The van der Waals surface area contributed by atoms with Crippen molar-refractivity contribution in [3.05, 3.63) is 35.9 Å². The number of ether oxygens (including phenoxy) is 1. The summed E-state index contributed by atoms with van der Waals surface area (Å²) in [5.41, 5.74) is 3.38. The highest BCUT2D eigenvalue weighted by Gasteiger charge is 2.56. The molecule has 0 amide bonds. The predicted molar refractivity (Wildman–Crippen MR) is 75.5 cm³/mol. The topological polar surface area (TPSA) is 9.23 Å². The zero-order valence-corrected chi connectivity index (χ0v) is 11.7. The van der Waals surface area contributed by atoms with E-state index in [-0.39, 0.29) is 0 Å². The molecular formula is C17H22O. The minimum atomic E-state index is 0.470. The molecule has 2 aliphatic rings. The third-order valence-corrected chi connectivity index (χ3v) is 4.54. The van der Waals surface area contributed by atoms with Crippen molar-refractivity contribution < 1.29 is 4.74 Å². The van der Waals surface area contributed by atoms with E-state index < -0.39 is 0 Å². The maximum absolute atomic E-state index is 5.20. The Labute approximate surface area is 110 Å². The summed E-state index contributed by atoms with van der Waals surface area (Å²) < 4.78 is 5.20. The zero-order valence-electron chi connectivity index (χ0n) is 11.7. The van der Waals surface area contributed by atoms with E-state index in [2.05, 4.69) is 51.1 Å². The molecule has 0 heterocycles. The third kappa shape index (κ3) is 1.86. The van der Waals surface area contributed by atoms with Crippen molar-refractivity contribution in [1.82, 2.24) is 0 Å². The molecule has 0 aliphatic heterocycles. The Morgan fingerprint density at radius 2 is 1.78 bits per heavy atom. The van der Waals surface area contributed by atoms with Crippen LogP contribution in [0.5, 0.6) is 5.75 Å². The van der Waals surface area contributed by atoms with Crippen LogP contribution in [0.1, 0.15) is 32.8 Å². The first-order valence-electron chi connectivity index (χ1n) is 6.86. The van der Waals surface area contributed by atoms with Gasteiger partial charge in [-0.2, -0.15) is 0 Å². The Balaban J connectivity index is 1.75. The van der Waals surface area contributed by atoms with Gasteiger partial charge in [-0.15, -0.1) is 0 Å². The van der Waals surface area contributed by atoms with Crippen molar-refractivity contribution in [2.45, 2.75) is 27.2 Å². The number of hydrogen-bond acceptors (Lipinski definition) is 1. The average Bonchev–Trinajstić information content (AvgIpc) is 2.87. The zero-order chi connectivity index (χ0) is 12.9. The fraction of sp³-hybridized carbons (Fsp3) is 0.529. The molecule has 1 aromatic rings. The molecule has 0 N–H and O–H groups in total. The van der Waals surface area contributed by atoms with Crippen molar-refractivity contribution in [2.24, 2.45) is 23.2 Å². The SMILES string of the molecule is COc1ccc(C2=CC3C(C2)C3C(C)(C)C)cc1. The van der Waals surface area contributed by atoms with Gasteiger partial charge >= 0.3 is 0 Å². The smallest absolute Gasteiger partial charge is 0.118 e. The van der Waals surface area contributed by atoms with Crippen LogP contribution in [0.3, 0.4) is 0 Å².